The van der Waals surface area contributed by atoms with E-state index in [0.717, 1.165) is 0 Å². The number of morpholine rings is 1. The third-order valence-corrected chi connectivity index (χ3v) is 3.03. The molecule has 1 aliphatic heterocycles. The molecule has 1 fully saturated rings. The molecule has 0 aromatic carbocycles. The van der Waals surface area contributed by atoms with Crippen molar-refractivity contribution in [1.82, 2.24) is 9.88 Å². The number of amides is 1. The molecular weight excluding hydrogens is 277 g/mol. The summed E-state index contributed by atoms with van der Waals surface area (Å²) in [7, 11) is 0. The first kappa shape index (κ1) is 13.1. The predicted molar refractivity (Wildman–Crippen MR) is 65.5 cm³/mol. The van der Waals surface area contributed by atoms with Crippen LogP contribution in [0.5, 0.6) is 0 Å². The van der Waals surface area contributed by atoms with E-state index in [0.29, 0.717) is 13.2 Å². The number of rotatable bonds is 1. The number of nitrogens with zero attached hydrogens (tertiary/aromatic N) is 3. The smallest absolute Gasteiger partial charge is 0.274 e. The van der Waals surface area contributed by atoms with Gasteiger partial charge in [-0.2, -0.15) is 5.26 Å². The molecule has 2 heterocycles. The average Bonchev–Trinajstić information content (AvgIpc) is 2.41. The minimum absolute atomic E-state index is 0.0998. The molecule has 1 aromatic heterocycles. The minimum Gasteiger partial charge on any atom is -0.360 e. The third kappa shape index (κ3) is 2.72. The van der Waals surface area contributed by atoms with Gasteiger partial charge in [-0.05, 0) is 12.1 Å². The lowest BCUT2D eigenvalue weighted by molar-refractivity contribution is 0.00321. The maximum absolute atomic E-state index is 12.2. The summed E-state index contributed by atoms with van der Waals surface area (Å²) in [6, 6.07) is 5.00. The summed E-state index contributed by atoms with van der Waals surface area (Å²) in [5.41, 5.74) is 0.0998. The van der Waals surface area contributed by atoms with Crippen LogP contribution in [-0.2, 0) is 4.74 Å². The summed E-state index contributed by atoms with van der Waals surface area (Å²) < 4.78 is 5.16. The highest BCUT2D eigenvalue weighted by Gasteiger charge is 2.27. The van der Waals surface area contributed by atoms with Gasteiger partial charge in [-0.1, -0.05) is 23.2 Å². The Kier molecular flexibility index (Phi) is 4.02. The van der Waals surface area contributed by atoms with Gasteiger partial charge in [0, 0.05) is 6.54 Å². The Morgan fingerprint density at radius 2 is 2.33 bits per heavy atom. The Hall–Kier alpha value is -1.35. The van der Waals surface area contributed by atoms with Crippen LogP contribution in [0.1, 0.15) is 10.5 Å². The monoisotopic (exact) mass is 285 g/mol. The van der Waals surface area contributed by atoms with E-state index in [1.54, 1.807) is 0 Å². The van der Waals surface area contributed by atoms with E-state index in [9.17, 15) is 4.79 Å². The molecule has 0 bridgehead atoms. The summed E-state index contributed by atoms with van der Waals surface area (Å²) in [6.07, 6.45) is -0.611. The van der Waals surface area contributed by atoms with Gasteiger partial charge in [0.25, 0.3) is 5.91 Å². The molecule has 1 aliphatic rings. The lowest BCUT2D eigenvalue weighted by Crippen LogP contribution is -2.45. The molecule has 1 atom stereocenters. The third-order valence-electron chi connectivity index (χ3n) is 2.51. The van der Waals surface area contributed by atoms with Crippen LogP contribution in [0.3, 0.4) is 0 Å². The van der Waals surface area contributed by atoms with E-state index in [1.165, 1.54) is 17.0 Å². The summed E-state index contributed by atoms with van der Waals surface area (Å²) in [6.45, 7) is 0.934. The lowest BCUT2D eigenvalue weighted by atomic mass is 10.2. The number of hydrogen-bond acceptors (Lipinski definition) is 4. The zero-order valence-corrected chi connectivity index (χ0v) is 10.8. The lowest BCUT2D eigenvalue weighted by Gasteiger charge is -2.29. The molecule has 0 spiro atoms. The Morgan fingerprint density at radius 3 is 3.06 bits per heavy atom. The average molecular weight is 286 g/mol. The van der Waals surface area contributed by atoms with Gasteiger partial charge >= 0.3 is 0 Å². The highest BCUT2D eigenvalue weighted by molar-refractivity contribution is 6.34. The fourth-order valence-corrected chi connectivity index (χ4v) is 1.96. The van der Waals surface area contributed by atoms with Gasteiger partial charge < -0.3 is 9.64 Å². The van der Waals surface area contributed by atoms with Crippen LogP contribution in [0.2, 0.25) is 10.2 Å². The molecule has 1 amide bonds. The number of carbonyl (C=O) groups excluding carboxylic acids is 1. The zero-order chi connectivity index (χ0) is 13.1. The van der Waals surface area contributed by atoms with Gasteiger partial charge in [-0.25, -0.2) is 4.98 Å². The van der Waals surface area contributed by atoms with E-state index in [-0.39, 0.29) is 28.3 Å². The van der Waals surface area contributed by atoms with Gasteiger partial charge in [0.2, 0.25) is 0 Å². The molecule has 94 valence electrons. The number of carbonyl (C=O) groups is 1. The second-order valence-corrected chi connectivity index (χ2v) is 4.50. The topological polar surface area (TPSA) is 66.2 Å². The maximum Gasteiger partial charge on any atom is 0.274 e. The highest BCUT2D eigenvalue weighted by atomic mass is 35.5. The van der Waals surface area contributed by atoms with Crippen molar-refractivity contribution in [2.24, 2.45) is 0 Å². The molecule has 2 rings (SSSR count). The van der Waals surface area contributed by atoms with Crippen molar-refractivity contribution in [3.63, 3.8) is 0 Å². The molecule has 0 aliphatic carbocycles. The van der Waals surface area contributed by atoms with Crippen molar-refractivity contribution in [3.05, 3.63) is 28.0 Å². The first-order valence-corrected chi connectivity index (χ1v) is 6.00. The van der Waals surface area contributed by atoms with E-state index < -0.39 is 6.10 Å². The van der Waals surface area contributed by atoms with Crippen LogP contribution < -0.4 is 0 Å². The summed E-state index contributed by atoms with van der Waals surface area (Å²) in [4.78, 5) is 17.6. The molecule has 0 radical (unpaired) electrons. The number of nitriles is 1. The molecule has 0 N–H and O–H groups in total. The summed E-state index contributed by atoms with van der Waals surface area (Å²) >= 11 is 11.7. The number of hydrogen-bond donors (Lipinski definition) is 0. The van der Waals surface area contributed by atoms with E-state index in [1.807, 2.05) is 6.07 Å². The first-order valence-electron chi connectivity index (χ1n) is 5.24. The van der Waals surface area contributed by atoms with Crippen LogP contribution >= 0.6 is 23.2 Å². The van der Waals surface area contributed by atoms with Gasteiger partial charge in [0.1, 0.15) is 10.8 Å². The van der Waals surface area contributed by atoms with Crippen LogP contribution in [-0.4, -0.2) is 41.6 Å². The second kappa shape index (κ2) is 5.53. The van der Waals surface area contributed by atoms with Crippen molar-refractivity contribution in [1.29, 1.82) is 5.26 Å². The second-order valence-electron chi connectivity index (χ2n) is 3.70. The molecule has 1 aromatic rings. The van der Waals surface area contributed by atoms with E-state index >= 15 is 0 Å². The quantitative estimate of drug-likeness (QED) is 0.738. The first-order chi connectivity index (χ1) is 8.61. The normalized spacial score (nSPS) is 19.4. The number of ether oxygens (including phenoxy) is 1. The van der Waals surface area contributed by atoms with Crippen LogP contribution in [0, 0.1) is 11.3 Å². The Bertz CT molecular complexity index is 516. The van der Waals surface area contributed by atoms with Crippen LogP contribution in [0.25, 0.3) is 0 Å². The Morgan fingerprint density at radius 1 is 1.56 bits per heavy atom. The van der Waals surface area contributed by atoms with Crippen molar-refractivity contribution in [2.45, 2.75) is 6.10 Å². The van der Waals surface area contributed by atoms with Crippen molar-refractivity contribution >= 4 is 29.1 Å². The number of aromatic nitrogens is 1. The van der Waals surface area contributed by atoms with Gasteiger partial charge in [-0.3, -0.25) is 4.79 Å². The van der Waals surface area contributed by atoms with Gasteiger partial charge in [0.15, 0.2) is 6.10 Å². The molecule has 7 heteroatoms. The summed E-state index contributed by atoms with van der Waals surface area (Å²) in [5.74, 6) is -0.342. The molecular formula is C11H9Cl2N3O2. The molecule has 1 saturated heterocycles. The minimum atomic E-state index is -0.611. The van der Waals surface area contributed by atoms with Gasteiger partial charge in [-0.15, -0.1) is 0 Å². The van der Waals surface area contributed by atoms with Gasteiger partial charge in [0.05, 0.1) is 24.2 Å². The molecule has 0 saturated carbocycles. The summed E-state index contributed by atoms with van der Waals surface area (Å²) in [5, 5.41) is 9.23. The molecule has 18 heavy (non-hydrogen) atoms. The number of pyridine rings is 1. The Labute approximate surface area is 114 Å². The standard InChI is InChI=1S/C11H9Cl2N3O2/c12-8-1-2-9(13)15-10(8)11(17)16-3-4-18-7(5-14)6-16/h1-2,7H,3-4,6H2. The van der Waals surface area contributed by atoms with Crippen LogP contribution in [0.4, 0.5) is 0 Å². The van der Waals surface area contributed by atoms with Crippen molar-refractivity contribution < 1.29 is 9.53 Å². The Balaban J connectivity index is 2.21. The van der Waals surface area contributed by atoms with Crippen molar-refractivity contribution in [2.75, 3.05) is 19.7 Å². The fourth-order valence-electron chi connectivity index (χ4n) is 1.63. The van der Waals surface area contributed by atoms with Crippen LogP contribution in [0.15, 0.2) is 12.1 Å². The van der Waals surface area contributed by atoms with E-state index in [4.69, 9.17) is 33.2 Å². The van der Waals surface area contributed by atoms with Crippen molar-refractivity contribution in [3.8, 4) is 6.07 Å². The van der Waals surface area contributed by atoms with E-state index in [2.05, 4.69) is 4.98 Å². The maximum atomic E-state index is 12.2. The number of halogens is 2. The fraction of sp³-hybridized carbons (Fsp3) is 0.364. The molecule has 1 unspecified atom stereocenters. The SMILES string of the molecule is N#CC1CN(C(=O)c2nc(Cl)ccc2Cl)CCO1. The zero-order valence-electron chi connectivity index (χ0n) is 9.27. The largest absolute Gasteiger partial charge is 0.360 e. The molecule has 5 nitrogen and oxygen atoms in total. The predicted octanol–water partition coefficient (Wildman–Crippen LogP) is 1.75. The highest BCUT2D eigenvalue weighted by Crippen LogP contribution is 2.19.